The average Bonchev–Trinajstić information content (AvgIpc) is 3.31. The first-order chi connectivity index (χ1) is 13.6. The van der Waals surface area contributed by atoms with Crippen molar-refractivity contribution >= 4 is 51.6 Å². The SMILES string of the molecule is CCCNC(=O)CSc1nnc(NC(=O)[C@H]2CC(=O)N(c3ccccc3)C2)s1. The third-order valence-electron chi connectivity index (χ3n) is 4.10. The number of nitrogens with zero attached hydrogens (tertiary/aromatic N) is 3. The Morgan fingerprint density at radius 3 is 2.82 bits per heavy atom. The van der Waals surface area contributed by atoms with Crippen LogP contribution in [0.5, 0.6) is 0 Å². The third-order valence-corrected chi connectivity index (χ3v) is 6.07. The molecule has 0 unspecified atom stereocenters. The van der Waals surface area contributed by atoms with Gasteiger partial charge in [0.1, 0.15) is 0 Å². The number of carbonyl (C=O) groups is 3. The number of nitrogens with one attached hydrogen (secondary N) is 2. The lowest BCUT2D eigenvalue weighted by Crippen LogP contribution is -2.28. The number of hydrogen-bond donors (Lipinski definition) is 2. The number of carbonyl (C=O) groups excluding carboxylic acids is 3. The second kappa shape index (κ2) is 9.65. The number of aromatic nitrogens is 2. The summed E-state index contributed by atoms with van der Waals surface area (Å²) in [6.07, 6.45) is 1.05. The van der Waals surface area contributed by atoms with Crippen LogP contribution in [0.4, 0.5) is 10.8 Å². The van der Waals surface area contributed by atoms with Crippen LogP contribution in [0, 0.1) is 5.92 Å². The van der Waals surface area contributed by atoms with E-state index in [1.807, 2.05) is 37.3 Å². The maximum Gasteiger partial charge on any atom is 0.231 e. The van der Waals surface area contributed by atoms with Crippen LogP contribution in [0.3, 0.4) is 0 Å². The summed E-state index contributed by atoms with van der Waals surface area (Å²) in [7, 11) is 0. The number of thioether (sulfide) groups is 1. The smallest absolute Gasteiger partial charge is 0.231 e. The van der Waals surface area contributed by atoms with Gasteiger partial charge in [0.05, 0.1) is 11.7 Å². The quantitative estimate of drug-likeness (QED) is 0.502. The molecule has 1 aromatic heterocycles. The molecule has 0 aliphatic carbocycles. The number of anilines is 2. The van der Waals surface area contributed by atoms with Gasteiger partial charge in [-0.25, -0.2) is 0 Å². The Hall–Kier alpha value is -2.46. The maximum absolute atomic E-state index is 12.5. The van der Waals surface area contributed by atoms with E-state index in [-0.39, 0.29) is 29.9 Å². The van der Waals surface area contributed by atoms with E-state index in [1.165, 1.54) is 23.1 Å². The second-order valence-electron chi connectivity index (χ2n) is 6.24. The third kappa shape index (κ3) is 5.29. The molecule has 3 rings (SSSR count). The Labute approximate surface area is 171 Å². The zero-order chi connectivity index (χ0) is 19.9. The van der Waals surface area contributed by atoms with Gasteiger partial charge in [0.25, 0.3) is 0 Å². The predicted molar refractivity (Wildman–Crippen MR) is 109 cm³/mol. The fraction of sp³-hybridized carbons (Fsp3) is 0.389. The topological polar surface area (TPSA) is 104 Å². The highest BCUT2D eigenvalue weighted by atomic mass is 32.2. The van der Waals surface area contributed by atoms with Crippen LogP contribution < -0.4 is 15.5 Å². The Kier molecular flexibility index (Phi) is 6.99. The molecular weight excluding hydrogens is 398 g/mol. The highest BCUT2D eigenvalue weighted by Gasteiger charge is 2.35. The predicted octanol–water partition coefficient (Wildman–Crippen LogP) is 2.15. The molecule has 1 aromatic carbocycles. The molecule has 28 heavy (non-hydrogen) atoms. The molecular formula is C18H21N5O3S2. The summed E-state index contributed by atoms with van der Waals surface area (Å²) in [5.74, 6) is -0.560. The van der Waals surface area contributed by atoms with E-state index in [0.717, 1.165) is 12.1 Å². The first kappa shape index (κ1) is 20.3. The largest absolute Gasteiger partial charge is 0.355 e. The molecule has 1 atom stereocenters. The highest BCUT2D eigenvalue weighted by Crippen LogP contribution is 2.28. The summed E-state index contributed by atoms with van der Waals surface area (Å²) in [4.78, 5) is 38.0. The summed E-state index contributed by atoms with van der Waals surface area (Å²) in [6, 6.07) is 9.30. The van der Waals surface area contributed by atoms with Gasteiger partial charge in [0, 0.05) is 25.2 Å². The van der Waals surface area contributed by atoms with Crippen LogP contribution in [0.15, 0.2) is 34.7 Å². The van der Waals surface area contributed by atoms with Crippen molar-refractivity contribution in [3.63, 3.8) is 0 Å². The van der Waals surface area contributed by atoms with Crippen LogP contribution >= 0.6 is 23.1 Å². The summed E-state index contributed by atoms with van der Waals surface area (Å²) in [5.41, 5.74) is 0.791. The van der Waals surface area contributed by atoms with E-state index in [2.05, 4.69) is 20.8 Å². The van der Waals surface area contributed by atoms with Gasteiger partial charge in [-0.2, -0.15) is 0 Å². The molecule has 1 saturated heterocycles. The van der Waals surface area contributed by atoms with E-state index in [4.69, 9.17) is 0 Å². The molecule has 1 fully saturated rings. The molecule has 1 aliphatic heterocycles. The lowest BCUT2D eigenvalue weighted by atomic mass is 10.1. The molecule has 2 N–H and O–H groups in total. The van der Waals surface area contributed by atoms with E-state index < -0.39 is 5.92 Å². The summed E-state index contributed by atoms with van der Waals surface area (Å²) in [5, 5.41) is 13.8. The Balaban J connectivity index is 1.51. The van der Waals surface area contributed by atoms with Crippen molar-refractivity contribution < 1.29 is 14.4 Å². The van der Waals surface area contributed by atoms with Gasteiger partial charge in [-0.3, -0.25) is 14.4 Å². The van der Waals surface area contributed by atoms with Crippen molar-refractivity contribution in [3.05, 3.63) is 30.3 Å². The van der Waals surface area contributed by atoms with Gasteiger partial charge in [0.2, 0.25) is 22.9 Å². The van der Waals surface area contributed by atoms with Gasteiger partial charge < -0.3 is 15.5 Å². The zero-order valence-electron chi connectivity index (χ0n) is 15.4. The van der Waals surface area contributed by atoms with Crippen LogP contribution in [-0.4, -0.2) is 46.8 Å². The van der Waals surface area contributed by atoms with Gasteiger partial charge in [-0.1, -0.05) is 48.2 Å². The minimum absolute atomic E-state index is 0.0573. The molecule has 8 nitrogen and oxygen atoms in total. The summed E-state index contributed by atoms with van der Waals surface area (Å²) in [6.45, 7) is 2.98. The maximum atomic E-state index is 12.5. The lowest BCUT2D eigenvalue weighted by molar-refractivity contribution is -0.122. The number of hydrogen-bond acceptors (Lipinski definition) is 7. The van der Waals surface area contributed by atoms with Crippen LogP contribution in [0.2, 0.25) is 0 Å². The van der Waals surface area contributed by atoms with Crippen molar-refractivity contribution in [1.29, 1.82) is 0 Å². The molecule has 0 bridgehead atoms. The monoisotopic (exact) mass is 419 g/mol. The molecule has 2 heterocycles. The van der Waals surface area contributed by atoms with Gasteiger partial charge in [0.15, 0.2) is 4.34 Å². The molecule has 1 aliphatic rings. The van der Waals surface area contributed by atoms with E-state index in [9.17, 15) is 14.4 Å². The Morgan fingerprint density at radius 1 is 1.29 bits per heavy atom. The number of amides is 3. The van der Waals surface area contributed by atoms with Crippen molar-refractivity contribution in [2.24, 2.45) is 5.92 Å². The minimum atomic E-state index is -0.437. The van der Waals surface area contributed by atoms with Gasteiger partial charge in [-0.15, -0.1) is 10.2 Å². The van der Waals surface area contributed by atoms with Crippen LogP contribution in [-0.2, 0) is 14.4 Å². The summed E-state index contributed by atoms with van der Waals surface area (Å²) < 4.78 is 0.607. The first-order valence-electron chi connectivity index (χ1n) is 8.96. The highest BCUT2D eigenvalue weighted by molar-refractivity contribution is 8.01. The average molecular weight is 420 g/mol. The number of benzene rings is 1. The molecule has 2 aromatic rings. The fourth-order valence-corrected chi connectivity index (χ4v) is 4.29. The standard InChI is InChI=1S/C18H21N5O3S2/c1-2-8-19-14(24)11-27-18-22-21-17(28-18)20-16(26)12-9-15(25)23(10-12)13-6-4-3-5-7-13/h3-7,12H,2,8-11H2,1H3,(H,19,24)(H,20,21,26)/t12-/m0/s1. The summed E-state index contributed by atoms with van der Waals surface area (Å²) >= 11 is 2.49. The van der Waals surface area contributed by atoms with Crippen molar-refractivity contribution in [2.75, 3.05) is 29.1 Å². The Bertz CT molecular complexity index is 843. The van der Waals surface area contributed by atoms with Crippen LogP contribution in [0.25, 0.3) is 0 Å². The second-order valence-corrected chi connectivity index (χ2v) is 8.44. The molecule has 3 amide bonds. The lowest BCUT2D eigenvalue weighted by Gasteiger charge is -2.16. The van der Waals surface area contributed by atoms with Gasteiger partial charge >= 0.3 is 0 Å². The molecule has 0 radical (unpaired) electrons. The van der Waals surface area contributed by atoms with Crippen molar-refractivity contribution in [2.45, 2.75) is 24.1 Å². The van der Waals surface area contributed by atoms with E-state index in [0.29, 0.717) is 22.6 Å². The molecule has 0 saturated carbocycles. The van der Waals surface area contributed by atoms with E-state index >= 15 is 0 Å². The molecule has 10 heteroatoms. The zero-order valence-corrected chi connectivity index (χ0v) is 17.0. The van der Waals surface area contributed by atoms with Crippen molar-refractivity contribution in [1.82, 2.24) is 15.5 Å². The normalized spacial score (nSPS) is 16.2. The van der Waals surface area contributed by atoms with Crippen LogP contribution in [0.1, 0.15) is 19.8 Å². The molecule has 0 spiro atoms. The number of para-hydroxylation sites is 1. The van der Waals surface area contributed by atoms with Crippen molar-refractivity contribution in [3.8, 4) is 0 Å². The first-order valence-corrected chi connectivity index (χ1v) is 10.8. The van der Waals surface area contributed by atoms with Gasteiger partial charge in [-0.05, 0) is 18.6 Å². The molecule has 148 valence electrons. The number of rotatable bonds is 8. The minimum Gasteiger partial charge on any atom is -0.355 e. The Morgan fingerprint density at radius 2 is 2.07 bits per heavy atom. The fourth-order valence-electron chi connectivity index (χ4n) is 2.71. The van der Waals surface area contributed by atoms with E-state index in [1.54, 1.807) is 4.90 Å².